The number of aromatic nitrogens is 2. The lowest BCUT2D eigenvalue weighted by atomic mass is 10.1. The topological polar surface area (TPSA) is 65.4 Å². The Balaban J connectivity index is 1.29. The number of para-hydroxylation sites is 2. The Morgan fingerprint density at radius 1 is 1.09 bits per heavy atom. The van der Waals surface area contributed by atoms with Crippen molar-refractivity contribution in [3.05, 3.63) is 89.8 Å². The summed E-state index contributed by atoms with van der Waals surface area (Å²) in [5, 5.41) is 2.87. The molecule has 2 heterocycles. The van der Waals surface area contributed by atoms with Crippen LogP contribution in [0.3, 0.4) is 0 Å². The molecule has 162 valence electrons. The van der Waals surface area contributed by atoms with Gasteiger partial charge in [-0.2, -0.15) is 0 Å². The minimum absolute atomic E-state index is 0.167. The van der Waals surface area contributed by atoms with E-state index in [1.54, 1.807) is 29.1 Å². The molecule has 6 nitrogen and oxygen atoms in total. The normalized spacial score (nSPS) is 15.0. The van der Waals surface area contributed by atoms with E-state index in [1.165, 1.54) is 12.1 Å². The summed E-state index contributed by atoms with van der Waals surface area (Å²) >= 11 is 0. The molecule has 1 N–H and O–H groups in total. The van der Waals surface area contributed by atoms with Gasteiger partial charge in [0.05, 0.1) is 30.5 Å². The Kier molecular flexibility index (Phi) is 5.18. The lowest BCUT2D eigenvalue weighted by molar-refractivity contribution is 0.0789. The number of rotatable bonds is 5. The van der Waals surface area contributed by atoms with Gasteiger partial charge in [0.15, 0.2) is 11.5 Å². The van der Waals surface area contributed by atoms with E-state index in [0.29, 0.717) is 40.3 Å². The zero-order valence-corrected chi connectivity index (χ0v) is 16.9. The molecule has 0 radical (unpaired) electrons. The number of halogens is 2. The lowest BCUT2D eigenvalue weighted by Gasteiger charge is -2.26. The first-order valence-corrected chi connectivity index (χ1v) is 10.1. The third-order valence-electron chi connectivity index (χ3n) is 5.30. The van der Waals surface area contributed by atoms with Crippen molar-refractivity contribution in [1.82, 2.24) is 14.9 Å². The summed E-state index contributed by atoms with van der Waals surface area (Å²) < 4.78 is 40.5. The Bertz CT molecular complexity index is 1300. The van der Waals surface area contributed by atoms with Crippen LogP contribution >= 0.6 is 0 Å². The van der Waals surface area contributed by atoms with Gasteiger partial charge in [0.25, 0.3) is 5.91 Å². The predicted octanol–water partition coefficient (Wildman–Crippen LogP) is 3.93. The Labute approximate surface area is 182 Å². The molecule has 0 spiro atoms. The van der Waals surface area contributed by atoms with Crippen molar-refractivity contribution >= 4 is 16.9 Å². The summed E-state index contributed by atoms with van der Waals surface area (Å²) in [6.45, 7) is 0.790. The van der Waals surface area contributed by atoms with E-state index in [0.717, 1.165) is 6.07 Å². The Hall–Kier alpha value is -3.94. The summed E-state index contributed by atoms with van der Waals surface area (Å²) in [5.74, 6) is -0.189. The first-order chi connectivity index (χ1) is 15.6. The average molecular weight is 435 g/mol. The minimum Gasteiger partial charge on any atom is -0.486 e. The molecule has 32 heavy (non-hydrogen) atoms. The van der Waals surface area contributed by atoms with Crippen molar-refractivity contribution < 1.29 is 23.0 Å². The number of imidazole rings is 1. The molecule has 0 aliphatic carbocycles. The number of carbonyl (C=O) groups is 1. The lowest BCUT2D eigenvalue weighted by Crippen LogP contribution is -2.40. The number of amides is 1. The number of nitrogens with one attached hydrogen (secondary N) is 1. The second kappa shape index (κ2) is 8.30. The van der Waals surface area contributed by atoms with Gasteiger partial charge in [-0.3, -0.25) is 4.79 Å². The summed E-state index contributed by atoms with van der Waals surface area (Å²) in [5.41, 5.74) is 2.11. The largest absolute Gasteiger partial charge is 0.486 e. The van der Waals surface area contributed by atoms with Gasteiger partial charge in [0, 0.05) is 17.2 Å². The van der Waals surface area contributed by atoms with E-state index in [9.17, 15) is 13.6 Å². The number of hydrogen-bond donors (Lipinski definition) is 1. The third-order valence-corrected chi connectivity index (χ3v) is 5.30. The van der Waals surface area contributed by atoms with Crippen molar-refractivity contribution in [1.29, 1.82) is 0 Å². The SMILES string of the molecule is O=C(NCC1COc2ccccc2O1)c1ccc2ncn(Cc3ccc(F)cc3F)c2c1. The fourth-order valence-corrected chi connectivity index (χ4v) is 3.63. The van der Waals surface area contributed by atoms with Crippen LogP contribution in [0.5, 0.6) is 11.5 Å². The second-order valence-corrected chi connectivity index (χ2v) is 7.52. The monoisotopic (exact) mass is 435 g/mol. The van der Waals surface area contributed by atoms with E-state index in [4.69, 9.17) is 9.47 Å². The van der Waals surface area contributed by atoms with E-state index in [2.05, 4.69) is 10.3 Å². The quantitative estimate of drug-likeness (QED) is 0.516. The zero-order valence-electron chi connectivity index (χ0n) is 16.9. The number of benzene rings is 3. The van der Waals surface area contributed by atoms with Gasteiger partial charge in [-0.25, -0.2) is 13.8 Å². The van der Waals surface area contributed by atoms with Gasteiger partial charge in [-0.15, -0.1) is 0 Å². The molecule has 5 rings (SSSR count). The van der Waals surface area contributed by atoms with Crippen LogP contribution in [0, 0.1) is 11.6 Å². The molecular weight excluding hydrogens is 416 g/mol. The zero-order chi connectivity index (χ0) is 22.1. The standard InChI is InChI=1S/C24H19F2N3O3/c25-17-7-5-16(19(26)10-17)12-29-14-28-20-8-6-15(9-21(20)29)24(30)27-11-18-13-31-22-3-1-2-4-23(22)32-18/h1-10,14,18H,11-13H2,(H,27,30). The average Bonchev–Trinajstić information content (AvgIpc) is 3.21. The first-order valence-electron chi connectivity index (χ1n) is 10.1. The molecule has 0 fully saturated rings. The van der Waals surface area contributed by atoms with Crippen molar-refractivity contribution in [2.45, 2.75) is 12.6 Å². The van der Waals surface area contributed by atoms with E-state index in [-0.39, 0.29) is 25.1 Å². The van der Waals surface area contributed by atoms with Crippen LogP contribution < -0.4 is 14.8 Å². The Morgan fingerprint density at radius 3 is 2.78 bits per heavy atom. The highest BCUT2D eigenvalue weighted by molar-refractivity contribution is 5.97. The number of carbonyl (C=O) groups excluding carboxylic acids is 1. The Morgan fingerprint density at radius 2 is 1.94 bits per heavy atom. The molecule has 0 saturated heterocycles. The van der Waals surface area contributed by atoms with E-state index in [1.807, 2.05) is 24.3 Å². The molecular formula is C24H19F2N3O3. The molecule has 1 amide bonds. The molecule has 8 heteroatoms. The maximum atomic E-state index is 14.1. The summed E-state index contributed by atoms with van der Waals surface area (Å²) in [7, 11) is 0. The van der Waals surface area contributed by atoms with Crippen LogP contribution in [0.15, 0.2) is 67.0 Å². The van der Waals surface area contributed by atoms with Gasteiger partial charge < -0.3 is 19.4 Å². The molecule has 4 aromatic rings. The third kappa shape index (κ3) is 3.99. The van der Waals surface area contributed by atoms with Crippen LogP contribution in [0.2, 0.25) is 0 Å². The molecule has 0 saturated carbocycles. The van der Waals surface area contributed by atoms with Gasteiger partial charge in [0.2, 0.25) is 0 Å². The van der Waals surface area contributed by atoms with Crippen LogP contribution in [0.4, 0.5) is 8.78 Å². The van der Waals surface area contributed by atoms with Crippen molar-refractivity contribution in [2.24, 2.45) is 0 Å². The van der Waals surface area contributed by atoms with E-state index < -0.39 is 11.6 Å². The number of fused-ring (bicyclic) bond motifs is 2. The summed E-state index contributed by atoms with van der Waals surface area (Å²) in [4.78, 5) is 17.0. The maximum absolute atomic E-state index is 14.1. The summed E-state index contributed by atoms with van der Waals surface area (Å²) in [6, 6.07) is 16.0. The minimum atomic E-state index is -0.628. The molecule has 1 aliphatic rings. The number of hydrogen-bond acceptors (Lipinski definition) is 4. The van der Waals surface area contributed by atoms with Crippen LogP contribution in [-0.2, 0) is 6.54 Å². The maximum Gasteiger partial charge on any atom is 0.251 e. The molecule has 0 bridgehead atoms. The fourth-order valence-electron chi connectivity index (χ4n) is 3.63. The van der Waals surface area contributed by atoms with Crippen LogP contribution in [0.1, 0.15) is 15.9 Å². The first kappa shape index (κ1) is 20.0. The number of ether oxygens (including phenoxy) is 2. The highest BCUT2D eigenvalue weighted by atomic mass is 19.1. The van der Waals surface area contributed by atoms with E-state index >= 15 is 0 Å². The highest BCUT2D eigenvalue weighted by Gasteiger charge is 2.21. The molecule has 1 aliphatic heterocycles. The smallest absolute Gasteiger partial charge is 0.251 e. The second-order valence-electron chi connectivity index (χ2n) is 7.52. The predicted molar refractivity (Wildman–Crippen MR) is 114 cm³/mol. The van der Waals surface area contributed by atoms with Gasteiger partial charge in [-0.1, -0.05) is 18.2 Å². The molecule has 1 unspecified atom stereocenters. The van der Waals surface area contributed by atoms with Crippen LogP contribution in [-0.4, -0.2) is 34.7 Å². The van der Waals surface area contributed by atoms with Crippen molar-refractivity contribution in [3.8, 4) is 11.5 Å². The summed E-state index contributed by atoms with van der Waals surface area (Å²) in [6.07, 6.45) is 1.27. The molecule has 1 aromatic heterocycles. The van der Waals surface area contributed by atoms with Crippen molar-refractivity contribution in [2.75, 3.05) is 13.2 Å². The molecule has 3 aromatic carbocycles. The number of nitrogens with zero attached hydrogens (tertiary/aromatic N) is 2. The van der Waals surface area contributed by atoms with Gasteiger partial charge >= 0.3 is 0 Å². The van der Waals surface area contributed by atoms with Crippen molar-refractivity contribution in [3.63, 3.8) is 0 Å². The van der Waals surface area contributed by atoms with Crippen LogP contribution in [0.25, 0.3) is 11.0 Å². The fraction of sp³-hybridized carbons (Fsp3) is 0.167. The highest BCUT2D eigenvalue weighted by Crippen LogP contribution is 2.30. The van der Waals surface area contributed by atoms with Gasteiger partial charge in [-0.05, 0) is 36.4 Å². The van der Waals surface area contributed by atoms with Gasteiger partial charge in [0.1, 0.15) is 24.3 Å². The molecule has 1 atom stereocenters.